The van der Waals surface area contributed by atoms with Crippen molar-refractivity contribution in [3.63, 3.8) is 0 Å². The predicted molar refractivity (Wildman–Crippen MR) is 71.3 cm³/mol. The SMILES string of the molecule is CCCC(C)CC1(C)C(C)C12CC(C)C2C. The summed E-state index contributed by atoms with van der Waals surface area (Å²) in [5, 5.41) is 0. The molecule has 94 valence electrons. The van der Waals surface area contributed by atoms with Gasteiger partial charge in [-0.3, -0.25) is 0 Å². The minimum absolute atomic E-state index is 0.674. The molecule has 2 saturated carbocycles. The first-order chi connectivity index (χ1) is 7.40. The molecule has 6 atom stereocenters. The molecule has 2 aliphatic rings. The van der Waals surface area contributed by atoms with Gasteiger partial charge in [0.25, 0.3) is 0 Å². The minimum Gasteiger partial charge on any atom is -0.0654 e. The smallest absolute Gasteiger partial charge is 0.0179 e. The molecule has 0 saturated heterocycles. The van der Waals surface area contributed by atoms with Crippen molar-refractivity contribution in [1.29, 1.82) is 0 Å². The fraction of sp³-hybridized carbons (Fsp3) is 1.00. The first-order valence-electron chi connectivity index (χ1n) is 7.40. The van der Waals surface area contributed by atoms with E-state index < -0.39 is 0 Å². The third-order valence-corrected chi connectivity index (χ3v) is 6.59. The van der Waals surface area contributed by atoms with Gasteiger partial charge in [0.2, 0.25) is 0 Å². The molecule has 2 fully saturated rings. The maximum atomic E-state index is 2.58. The van der Waals surface area contributed by atoms with Crippen molar-refractivity contribution < 1.29 is 0 Å². The molecule has 16 heavy (non-hydrogen) atoms. The molecule has 0 aromatic carbocycles. The standard InChI is InChI=1S/C16H30/c1-7-8-11(2)9-15(6)14(5)16(15)10-12(3)13(16)4/h11-14H,7-10H2,1-6H3. The van der Waals surface area contributed by atoms with Gasteiger partial charge < -0.3 is 0 Å². The Kier molecular flexibility index (Phi) is 2.92. The topological polar surface area (TPSA) is 0 Å². The maximum Gasteiger partial charge on any atom is -0.0179 e. The van der Waals surface area contributed by atoms with Gasteiger partial charge in [0.15, 0.2) is 0 Å². The first-order valence-corrected chi connectivity index (χ1v) is 7.40. The summed E-state index contributed by atoms with van der Waals surface area (Å²) in [6.45, 7) is 14.8. The second-order valence-electron chi connectivity index (χ2n) is 7.25. The van der Waals surface area contributed by atoms with Crippen molar-refractivity contribution in [3.05, 3.63) is 0 Å². The molecule has 2 rings (SSSR count). The average molecular weight is 222 g/mol. The molecular weight excluding hydrogens is 192 g/mol. The van der Waals surface area contributed by atoms with Crippen LogP contribution in [0.2, 0.25) is 0 Å². The van der Waals surface area contributed by atoms with Gasteiger partial charge in [-0.1, -0.05) is 54.4 Å². The van der Waals surface area contributed by atoms with Gasteiger partial charge in [0.05, 0.1) is 0 Å². The van der Waals surface area contributed by atoms with Crippen LogP contribution in [-0.4, -0.2) is 0 Å². The van der Waals surface area contributed by atoms with Crippen LogP contribution in [0.25, 0.3) is 0 Å². The van der Waals surface area contributed by atoms with Gasteiger partial charge >= 0.3 is 0 Å². The number of rotatable bonds is 4. The van der Waals surface area contributed by atoms with Gasteiger partial charge in [0, 0.05) is 0 Å². The maximum absolute atomic E-state index is 2.58. The lowest BCUT2D eigenvalue weighted by Crippen LogP contribution is -2.39. The quantitative estimate of drug-likeness (QED) is 0.618. The minimum atomic E-state index is 0.674. The largest absolute Gasteiger partial charge is 0.0654 e. The van der Waals surface area contributed by atoms with Gasteiger partial charge in [-0.05, 0) is 47.3 Å². The van der Waals surface area contributed by atoms with Crippen LogP contribution in [0, 0.1) is 34.5 Å². The van der Waals surface area contributed by atoms with Crippen LogP contribution in [0.15, 0.2) is 0 Å². The van der Waals surface area contributed by atoms with Crippen LogP contribution >= 0.6 is 0 Å². The van der Waals surface area contributed by atoms with Crippen molar-refractivity contribution in [2.24, 2.45) is 34.5 Å². The van der Waals surface area contributed by atoms with Gasteiger partial charge in [-0.2, -0.15) is 0 Å². The third-order valence-electron chi connectivity index (χ3n) is 6.59. The molecule has 0 amide bonds. The van der Waals surface area contributed by atoms with Crippen LogP contribution in [-0.2, 0) is 0 Å². The summed E-state index contributed by atoms with van der Waals surface area (Å²) in [5.41, 5.74) is 1.42. The summed E-state index contributed by atoms with van der Waals surface area (Å²) in [5.74, 6) is 3.86. The monoisotopic (exact) mass is 222 g/mol. The summed E-state index contributed by atoms with van der Waals surface area (Å²) in [4.78, 5) is 0. The Morgan fingerprint density at radius 2 is 1.88 bits per heavy atom. The lowest BCUT2D eigenvalue weighted by Gasteiger charge is -2.46. The molecule has 0 N–H and O–H groups in total. The molecule has 0 aliphatic heterocycles. The van der Waals surface area contributed by atoms with E-state index in [4.69, 9.17) is 0 Å². The molecule has 0 aromatic rings. The van der Waals surface area contributed by atoms with Crippen molar-refractivity contribution in [1.82, 2.24) is 0 Å². The molecule has 0 nitrogen and oxygen atoms in total. The summed E-state index contributed by atoms with van der Waals surface area (Å²) in [6.07, 6.45) is 5.75. The molecule has 0 heteroatoms. The number of hydrogen-bond donors (Lipinski definition) is 0. The highest BCUT2D eigenvalue weighted by Gasteiger charge is 2.77. The van der Waals surface area contributed by atoms with E-state index in [1.807, 2.05) is 0 Å². The lowest BCUT2D eigenvalue weighted by molar-refractivity contribution is 0.0276. The van der Waals surface area contributed by atoms with Crippen LogP contribution in [0.3, 0.4) is 0 Å². The van der Waals surface area contributed by atoms with E-state index in [1.165, 1.54) is 25.7 Å². The van der Waals surface area contributed by atoms with Crippen LogP contribution in [0.1, 0.15) is 67.2 Å². The van der Waals surface area contributed by atoms with Crippen molar-refractivity contribution in [2.45, 2.75) is 67.2 Å². The Bertz CT molecular complexity index is 269. The van der Waals surface area contributed by atoms with E-state index in [9.17, 15) is 0 Å². The fourth-order valence-electron chi connectivity index (χ4n) is 5.30. The highest BCUT2D eigenvalue weighted by Crippen LogP contribution is 2.83. The second kappa shape index (κ2) is 3.75. The van der Waals surface area contributed by atoms with Gasteiger partial charge in [-0.15, -0.1) is 0 Å². The van der Waals surface area contributed by atoms with E-state index in [1.54, 1.807) is 0 Å². The average Bonchev–Trinajstić information content (AvgIpc) is 2.68. The van der Waals surface area contributed by atoms with Crippen LogP contribution in [0.5, 0.6) is 0 Å². The van der Waals surface area contributed by atoms with E-state index >= 15 is 0 Å². The molecule has 6 unspecified atom stereocenters. The van der Waals surface area contributed by atoms with Crippen molar-refractivity contribution in [3.8, 4) is 0 Å². The van der Waals surface area contributed by atoms with Gasteiger partial charge in [-0.25, -0.2) is 0 Å². The zero-order valence-electron chi connectivity index (χ0n) is 12.1. The molecular formula is C16H30. The second-order valence-corrected chi connectivity index (χ2v) is 7.25. The molecule has 0 bridgehead atoms. The molecule has 0 heterocycles. The van der Waals surface area contributed by atoms with E-state index in [0.717, 1.165) is 29.1 Å². The summed E-state index contributed by atoms with van der Waals surface area (Å²) in [7, 11) is 0. The van der Waals surface area contributed by atoms with Crippen LogP contribution in [0.4, 0.5) is 0 Å². The predicted octanol–water partition coefficient (Wildman–Crippen LogP) is 5.13. The zero-order chi connectivity index (χ0) is 12.1. The Balaban J connectivity index is 2.00. The van der Waals surface area contributed by atoms with Crippen molar-refractivity contribution >= 4 is 0 Å². The molecule has 2 aliphatic carbocycles. The van der Waals surface area contributed by atoms with E-state index in [0.29, 0.717) is 5.41 Å². The fourth-order valence-corrected chi connectivity index (χ4v) is 5.30. The normalized spacial score (nSPS) is 52.5. The summed E-state index contributed by atoms with van der Waals surface area (Å²) >= 11 is 0. The Hall–Kier alpha value is 0. The van der Waals surface area contributed by atoms with E-state index in [-0.39, 0.29) is 0 Å². The molecule has 1 spiro atoms. The summed E-state index contributed by atoms with van der Waals surface area (Å²) in [6, 6.07) is 0. The zero-order valence-corrected chi connectivity index (χ0v) is 12.1. The summed E-state index contributed by atoms with van der Waals surface area (Å²) < 4.78 is 0. The number of hydrogen-bond acceptors (Lipinski definition) is 0. The Morgan fingerprint density at radius 3 is 2.31 bits per heavy atom. The third kappa shape index (κ3) is 1.34. The highest BCUT2D eigenvalue weighted by atomic mass is 14.8. The van der Waals surface area contributed by atoms with Gasteiger partial charge in [0.1, 0.15) is 0 Å². The highest BCUT2D eigenvalue weighted by molar-refractivity contribution is 5.24. The Labute approximate surface area is 102 Å². The van der Waals surface area contributed by atoms with E-state index in [2.05, 4.69) is 41.5 Å². The lowest BCUT2D eigenvalue weighted by atomic mass is 9.59. The molecule has 0 radical (unpaired) electrons. The Morgan fingerprint density at radius 1 is 1.25 bits per heavy atom. The molecule has 0 aromatic heterocycles. The van der Waals surface area contributed by atoms with Crippen LogP contribution < -0.4 is 0 Å². The first kappa shape index (κ1) is 12.5. The van der Waals surface area contributed by atoms with Crippen molar-refractivity contribution in [2.75, 3.05) is 0 Å².